The van der Waals surface area contributed by atoms with Gasteiger partial charge in [0.15, 0.2) is 17.1 Å². The summed E-state index contributed by atoms with van der Waals surface area (Å²) in [4.78, 5) is 10.0. The molecule has 0 radical (unpaired) electrons. The molecule has 0 saturated carbocycles. The van der Waals surface area contributed by atoms with E-state index in [2.05, 4.69) is 25.3 Å². The molecule has 5 rings (SSSR count). The smallest absolute Gasteiger partial charge is 0.368 e. The van der Waals surface area contributed by atoms with Crippen molar-refractivity contribution >= 4 is 16.7 Å². The van der Waals surface area contributed by atoms with Gasteiger partial charge < -0.3 is 9.47 Å². The zero-order chi connectivity index (χ0) is 27.5. The molecule has 1 aliphatic rings. The van der Waals surface area contributed by atoms with Gasteiger partial charge in [-0.15, -0.1) is 10.2 Å². The number of hydrogen-bond acceptors (Lipinski definition) is 7. The van der Waals surface area contributed by atoms with Crippen molar-refractivity contribution in [1.29, 1.82) is 5.26 Å². The molecule has 13 heteroatoms. The van der Waals surface area contributed by atoms with Crippen molar-refractivity contribution < 1.29 is 17.6 Å². The van der Waals surface area contributed by atoms with Gasteiger partial charge in [-0.3, -0.25) is 4.68 Å². The Balaban J connectivity index is 1.61. The average molecular weight is 528 g/mol. The molecule has 9 nitrogen and oxygen atoms in total. The van der Waals surface area contributed by atoms with Gasteiger partial charge in [0.25, 0.3) is 0 Å². The van der Waals surface area contributed by atoms with Crippen LogP contribution in [0.3, 0.4) is 0 Å². The van der Waals surface area contributed by atoms with Gasteiger partial charge in [0.1, 0.15) is 18.1 Å². The predicted octanol–water partition coefficient (Wildman–Crippen LogP) is 4.73. The number of rotatable bonds is 3. The fourth-order valence-corrected chi connectivity index (χ4v) is 4.68. The molecule has 1 saturated heterocycles. The maximum absolute atomic E-state index is 15.8. The van der Waals surface area contributed by atoms with E-state index in [4.69, 9.17) is 0 Å². The van der Waals surface area contributed by atoms with Gasteiger partial charge in [-0.25, -0.2) is 14.4 Å². The highest BCUT2D eigenvalue weighted by molar-refractivity contribution is 5.86. The van der Waals surface area contributed by atoms with Crippen molar-refractivity contribution in [1.82, 2.24) is 34.5 Å². The summed E-state index contributed by atoms with van der Waals surface area (Å²) in [6, 6.07) is 4.29. The fourth-order valence-electron chi connectivity index (χ4n) is 4.68. The number of nitriles is 1. The minimum absolute atomic E-state index is 0.0144. The molecule has 1 fully saturated rings. The fraction of sp³-hybridized carbons (Fsp3) is 0.440. The molecule has 0 N–H and O–H groups in total. The zero-order valence-corrected chi connectivity index (χ0v) is 21.3. The quantitative estimate of drug-likeness (QED) is 0.355. The Morgan fingerprint density at radius 3 is 2.39 bits per heavy atom. The highest BCUT2D eigenvalue weighted by Crippen LogP contribution is 2.42. The molecule has 0 atom stereocenters. The van der Waals surface area contributed by atoms with Crippen molar-refractivity contribution in [2.45, 2.75) is 51.0 Å². The minimum atomic E-state index is -4.77. The van der Waals surface area contributed by atoms with E-state index in [1.54, 1.807) is 28.9 Å². The van der Waals surface area contributed by atoms with Crippen LogP contribution in [-0.4, -0.2) is 47.6 Å². The third kappa shape index (κ3) is 4.44. The van der Waals surface area contributed by atoms with E-state index in [1.165, 1.54) is 17.1 Å². The van der Waals surface area contributed by atoms with Crippen LogP contribution in [0.15, 0.2) is 30.9 Å². The van der Waals surface area contributed by atoms with Crippen molar-refractivity contribution in [3.05, 3.63) is 47.9 Å². The molecule has 0 unspecified atom stereocenters. The number of hydrogen-bond donors (Lipinski definition) is 0. The highest BCUT2D eigenvalue weighted by atomic mass is 19.4. The number of fused-ring (bicyclic) bond motifs is 1. The number of aryl methyl sites for hydroxylation is 1. The third-order valence-corrected chi connectivity index (χ3v) is 6.71. The lowest BCUT2D eigenvalue weighted by Crippen LogP contribution is -2.42. The number of alkyl halides is 4. The highest BCUT2D eigenvalue weighted by Gasteiger charge is 2.42. The van der Waals surface area contributed by atoms with E-state index in [1.807, 2.05) is 26.8 Å². The summed E-state index contributed by atoms with van der Waals surface area (Å²) in [5.41, 5.74) is -2.56. The second-order valence-electron chi connectivity index (χ2n) is 10.5. The molecule has 38 heavy (non-hydrogen) atoms. The maximum atomic E-state index is 15.8. The van der Waals surface area contributed by atoms with E-state index in [-0.39, 0.29) is 54.2 Å². The lowest BCUT2D eigenvalue weighted by Gasteiger charge is -2.38. The van der Waals surface area contributed by atoms with Gasteiger partial charge in [0.05, 0.1) is 22.5 Å². The van der Waals surface area contributed by atoms with E-state index in [0.29, 0.717) is 16.6 Å². The van der Waals surface area contributed by atoms with Crippen LogP contribution < -0.4 is 4.90 Å². The lowest BCUT2D eigenvalue weighted by molar-refractivity contribution is -0.141. The molecular formula is C25H25F4N9. The number of pyridine rings is 2. The molecule has 0 aromatic carbocycles. The van der Waals surface area contributed by atoms with E-state index < -0.39 is 17.5 Å². The summed E-state index contributed by atoms with van der Waals surface area (Å²) in [5, 5.41) is 22.6. The van der Waals surface area contributed by atoms with Crippen LogP contribution in [-0.2, 0) is 24.4 Å². The molecule has 198 valence electrons. The first kappa shape index (κ1) is 25.6. The van der Waals surface area contributed by atoms with Crippen LogP contribution >= 0.6 is 0 Å². The topological polar surface area (TPSA) is 101 Å². The molecule has 0 spiro atoms. The normalized spacial score (nSPS) is 16.1. The lowest BCUT2D eigenvalue weighted by atomic mass is 9.91. The summed E-state index contributed by atoms with van der Waals surface area (Å²) in [6.07, 6.45) is -0.155. The number of anilines is 1. The molecular weight excluding hydrogens is 502 g/mol. The number of nitrogens with zero attached hydrogens (tertiary/aromatic N) is 9. The molecule has 0 amide bonds. The molecule has 1 aliphatic heterocycles. The molecule has 0 bridgehead atoms. The summed E-state index contributed by atoms with van der Waals surface area (Å²) < 4.78 is 60.4. The Kier molecular flexibility index (Phi) is 5.89. The first-order valence-corrected chi connectivity index (χ1v) is 12.0. The van der Waals surface area contributed by atoms with Gasteiger partial charge in [-0.2, -0.15) is 23.5 Å². The van der Waals surface area contributed by atoms with Crippen LogP contribution in [0, 0.1) is 11.3 Å². The van der Waals surface area contributed by atoms with Crippen molar-refractivity contribution in [2.75, 3.05) is 18.0 Å². The summed E-state index contributed by atoms with van der Waals surface area (Å²) in [7, 11) is 1.65. The standard InChI is InChI=1S/C25H25F4N9/c1-23(2,3)38-13-17-9-16(12-31-21(17)35-38)19-20(15(11-30)10-18(33-19)25(27,28)29)37-7-5-24(26,6-8-37)22-34-32-14-36(22)4/h9-10,12-14H,5-8H2,1-4H3. The van der Waals surface area contributed by atoms with Crippen LogP contribution in [0.2, 0.25) is 0 Å². The average Bonchev–Trinajstić information content (AvgIpc) is 3.49. The zero-order valence-electron chi connectivity index (χ0n) is 21.3. The second kappa shape index (κ2) is 8.75. The first-order chi connectivity index (χ1) is 17.8. The number of piperidine rings is 1. The number of aromatic nitrogens is 7. The van der Waals surface area contributed by atoms with Crippen LogP contribution in [0.4, 0.5) is 23.2 Å². The SMILES string of the molecule is Cn1cnnc1C1(F)CCN(c2c(C#N)cc(C(F)(F)F)nc2-c2cnc3nn(C(C)(C)C)cc3c2)CC1. The first-order valence-electron chi connectivity index (χ1n) is 12.0. The Labute approximate surface area is 215 Å². The third-order valence-electron chi connectivity index (χ3n) is 6.71. The van der Waals surface area contributed by atoms with Crippen molar-refractivity contribution in [3.8, 4) is 17.3 Å². The van der Waals surface area contributed by atoms with Gasteiger partial charge in [-0.1, -0.05) is 0 Å². The van der Waals surface area contributed by atoms with Crippen molar-refractivity contribution in [2.24, 2.45) is 7.05 Å². The summed E-state index contributed by atoms with van der Waals surface area (Å²) in [5.74, 6) is 0.189. The van der Waals surface area contributed by atoms with E-state index >= 15 is 4.39 Å². The van der Waals surface area contributed by atoms with E-state index in [9.17, 15) is 18.4 Å². The predicted molar refractivity (Wildman–Crippen MR) is 131 cm³/mol. The minimum Gasteiger partial charge on any atom is -0.368 e. The van der Waals surface area contributed by atoms with Gasteiger partial charge in [-0.05, 0) is 32.9 Å². The largest absolute Gasteiger partial charge is 0.433 e. The van der Waals surface area contributed by atoms with Crippen LogP contribution in [0.25, 0.3) is 22.3 Å². The van der Waals surface area contributed by atoms with Crippen LogP contribution in [0.1, 0.15) is 50.7 Å². The van der Waals surface area contributed by atoms with Crippen LogP contribution in [0.5, 0.6) is 0 Å². The van der Waals surface area contributed by atoms with Crippen molar-refractivity contribution in [3.63, 3.8) is 0 Å². The Morgan fingerprint density at radius 1 is 1.11 bits per heavy atom. The van der Waals surface area contributed by atoms with Gasteiger partial charge >= 0.3 is 6.18 Å². The van der Waals surface area contributed by atoms with Gasteiger partial charge in [0.2, 0.25) is 0 Å². The summed E-state index contributed by atoms with van der Waals surface area (Å²) >= 11 is 0. The molecule has 4 aromatic heterocycles. The Bertz CT molecular complexity index is 1550. The molecule has 4 aromatic rings. The Morgan fingerprint density at radius 2 is 1.82 bits per heavy atom. The monoisotopic (exact) mass is 527 g/mol. The summed E-state index contributed by atoms with van der Waals surface area (Å²) in [6.45, 7) is 6.17. The molecule has 0 aliphatic carbocycles. The second-order valence-corrected chi connectivity index (χ2v) is 10.5. The van der Waals surface area contributed by atoms with E-state index in [0.717, 1.165) is 6.07 Å². The molecule has 5 heterocycles. The van der Waals surface area contributed by atoms with Gasteiger partial charge in [0, 0.05) is 56.3 Å². The Hall–Kier alpha value is -4.08. The number of halogens is 4. The maximum Gasteiger partial charge on any atom is 0.433 e.